The van der Waals surface area contributed by atoms with Crippen LogP contribution in [0.15, 0.2) is 0 Å². The highest BCUT2D eigenvalue weighted by molar-refractivity contribution is 5.90. The maximum atomic E-state index is 12.0. The lowest BCUT2D eigenvalue weighted by atomic mass is 9.89. The van der Waals surface area contributed by atoms with Gasteiger partial charge in [-0.15, -0.1) is 0 Å². The van der Waals surface area contributed by atoms with E-state index in [-0.39, 0.29) is 24.1 Å². The predicted octanol–water partition coefficient (Wildman–Crippen LogP) is -1.31. The van der Waals surface area contributed by atoms with Crippen molar-refractivity contribution in [1.29, 1.82) is 0 Å². The molecule has 0 bridgehead atoms. The van der Waals surface area contributed by atoms with Gasteiger partial charge in [-0.2, -0.15) is 0 Å². The van der Waals surface area contributed by atoms with Crippen molar-refractivity contribution in [3.63, 3.8) is 0 Å². The van der Waals surface area contributed by atoms with Crippen LogP contribution in [0.2, 0.25) is 0 Å². The van der Waals surface area contributed by atoms with Gasteiger partial charge < -0.3 is 24.6 Å². The van der Waals surface area contributed by atoms with Gasteiger partial charge in [0.15, 0.2) is 11.4 Å². The summed E-state index contributed by atoms with van der Waals surface area (Å²) in [7, 11) is 5.33. The summed E-state index contributed by atoms with van der Waals surface area (Å²) in [5, 5.41) is 29.7. The number of rotatable bonds is 10. The normalized spacial score (nSPS) is 15.0. The maximum Gasteiger partial charge on any atom is 0.177 e. The van der Waals surface area contributed by atoms with E-state index in [0.717, 1.165) is 0 Å². The van der Waals surface area contributed by atoms with Crippen LogP contribution in [-0.4, -0.2) is 66.3 Å². The topological polar surface area (TPSA) is 97.7 Å². The van der Waals surface area contributed by atoms with E-state index >= 15 is 0 Å². The summed E-state index contributed by atoms with van der Waals surface area (Å²) in [6.45, 7) is 0.0934. The Labute approximate surface area is 114 Å². The van der Waals surface area contributed by atoms with Crippen molar-refractivity contribution in [1.82, 2.24) is 0 Å². The molecule has 2 N–H and O–H groups in total. The highest BCUT2D eigenvalue weighted by atomic mass is 16.4. The summed E-state index contributed by atoms with van der Waals surface area (Å²) in [4.78, 5) is 22.7. The molecule has 0 unspecified atom stereocenters. The van der Waals surface area contributed by atoms with Gasteiger partial charge in [-0.3, -0.25) is 4.79 Å². The van der Waals surface area contributed by atoms with Gasteiger partial charge in [-0.05, 0) is 12.8 Å². The molecule has 0 aliphatic rings. The summed E-state index contributed by atoms with van der Waals surface area (Å²) in [5.74, 6) is -1.90. The van der Waals surface area contributed by atoms with Crippen LogP contribution in [0.3, 0.4) is 0 Å². The molecule has 0 amide bonds. The Hall–Kier alpha value is -0.980. The Morgan fingerprint density at radius 1 is 1.16 bits per heavy atom. The van der Waals surface area contributed by atoms with E-state index in [4.69, 9.17) is 5.11 Å². The van der Waals surface area contributed by atoms with Crippen LogP contribution in [0.25, 0.3) is 0 Å². The number of carboxylic acid groups (broad SMARTS) is 1. The predicted molar refractivity (Wildman–Crippen MR) is 68.0 cm³/mol. The molecule has 0 aliphatic heterocycles. The van der Waals surface area contributed by atoms with Gasteiger partial charge in [0.05, 0.1) is 21.1 Å². The molecule has 0 fully saturated rings. The van der Waals surface area contributed by atoms with Crippen molar-refractivity contribution in [2.45, 2.75) is 37.7 Å². The molecule has 0 spiro atoms. The first kappa shape index (κ1) is 18.0. The van der Waals surface area contributed by atoms with Gasteiger partial charge in [0.25, 0.3) is 0 Å². The van der Waals surface area contributed by atoms with E-state index in [1.54, 1.807) is 21.1 Å². The van der Waals surface area contributed by atoms with Crippen molar-refractivity contribution in [2.75, 3.05) is 34.3 Å². The second-order valence-corrected chi connectivity index (χ2v) is 5.99. The molecule has 0 aromatic rings. The number of aliphatic hydroxyl groups excluding tert-OH is 1. The number of hydrogen-bond donors (Lipinski definition) is 2. The van der Waals surface area contributed by atoms with E-state index in [2.05, 4.69) is 0 Å². The van der Waals surface area contributed by atoms with Crippen LogP contribution < -0.4 is 5.11 Å². The Kier molecular flexibility index (Phi) is 7.18. The van der Waals surface area contributed by atoms with E-state index in [1.807, 2.05) is 0 Å². The van der Waals surface area contributed by atoms with Crippen LogP contribution in [-0.2, 0) is 9.59 Å². The average Bonchev–Trinajstić information content (AvgIpc) is 2.20. The smallest absolute Gasteiger partial charge is 0.177 e. The zero-order valence-corrected chi connectivity index (χ0v) is 12.0. The molecule has 0 saturated carbocycles. The number of hydrogen-bond acceptors (Lipinski definition) is 5. The minimum absolute atomic E-state index is 0.0276. The highest BCUT2D eigenvalue weighted by Gasteiger charge is 2.40. The average molecular weight is 275 g/mol. The minimum atomic E-state index is -1.88. The zero-order chi connectivity index (χ0) is 15.1. The van der Waals surface area contributed by atoms with Gasteiger partial charge in [0, 0.05) is 25.4 Å². The Bertz CT molecular complexity index is 311. The lowest BCUT2D eigenvalue weighted by Gasteiger charge is -2.34. The molecular weight excluding hydrogens is 250 g/mol. The highest BCUT2D eigenvalue weighted by Crippen LogP contribution is 2.19. The molecule has 0 rings (SSSR count). The number of aliphatic carboxylic acids is 1. The largest absolute Gasteiger partial charge is 0.550 e. The van der Waals surface area contributed by atoms with Gasteiger partial charge in [0.2, 0.25) is 0 Å². The molecule has 19 heavy (non-hydrogen) atoms. The lowest BCUT2D eigenvalue weighted by Crippen LogP contribution is -2.56. The van der Waals surface area contributed by atoms with Crippen molar-refractivity contribution < 1.29 is 29.4 Å². The van der Waals surface area contributed by atoms with Gasteiger partial charge >= 0.3 is 0 Å². The van der Waals surface area contributed by atoms with Crippen molar-refractivity contribution in [3.05, 3.63) is 0 Å². The minimum Gasteiger partial charge on any atom is -0.550 e. The number of nitrogens with zero attached hydrogens (tertiary/aromatic N) is 1. The number of carboxylic acids is 1. The first-order valence-corrected chi connectivity index (χ1v) is 6.47. The Morgan fingerprint density at radius 2 is 1.74 bits per heavy atom. The number of quaternary nitrogens is 1. The van der Waals surface area contributed by atoms with Crippen LogP contribution in [0.4, 0.5) is 0 Å². The van der Waals surface area contributed by atoms with E-state index < -0.39 is 23.8 Å². The van der Waals surface area contributed by atoms with E-state index in [1.165, 1.54) is 0 Å². The third kappa shape index (κ3) is 7.92. The summed E-state index contributed by atoms with van der Waals surface area (Å²) in [6.07, 6.45) is 1.24. The molecular formula is C13H25NO5. The number of unbranched alkanes of at least 4 members (excludes halogenated alkanes) is 2. The van der Waals surface area contributed by atoms with Crippen LogP contribution in [0.5, 0.6) is 0 Å². The van der Waals surface area contributed by atoms with Crippen LogP contribution >= 0.6 is 0 Å². The molecule has 1 atom stereocenters. The Balaban J connectivity index is 4.64. The molecule has 112 valence electrons. The zero-order valence-electron chi connectivity index (χ0n) is 12.0. The van der Waals surface area contributed by atoms with Crippen LogP contribution in [0.1, 0.15) is 32.1 Å². The number of Topliss-reactive ketones (excluding diaryl/α,β-unsaturated/α-hetero) is 1. The first-order valence-electron chi connectivity index (χ1n) is 6.47. The second-order valence-electron chi connectivity index (χ2n) is 5.99. The molecule has 0 aliphatic carbocycles. The number of likely N-dealkylation sites (N-methyl/N-ethyl adjacent to an activating group) is 1. The third-order valence-electron chi connectivity index (χ3n) is 2.75. The molecule has 0 radical (unpaired) electrons. The SMILES string of the molecule is C[N+](C)(C)C[C@](O)(CC(=O)[O-])C(=O)CCCCCO. The fourth-order valence-corrected chi connectivity index (χ4v) is 2.07. The second kappa shape index (κ2) is 7.57. The summed E-state index contributed by atoms with van der Waals surface area (Å²) in [6, 6.07) is 0. The molecule has 0 heterocycles. The number of aliphatic hydroxyl groups is 2. The van der Waals surface area contributed by atoms with Gasteiger partial charge in [-0.1, -0.05) is 6.42 Å². The fraction of sp³-hybridized carbons (Fsp3) is 0.846. The summed E-state index contributed by atoms with van der Waals surface area (Å²) >= 11 is 0. The van der Waals surface area contributed by atoms with Crippen LogP contribution in [0, 0.1) is 0 Å². The number of ketones is 1. The molecule has 0 aromatic carbocycles. The van der Waals surface area contributed by atoms with E-state index in [9.17, 15) is 19.8 Å². The summed E-state index contributed by atoms with van der Waals surface area (Å²) < 4.78 is 0.284. The standard InChI is InChI=1S/C13H25NO5/c1-14(2,3)10-13(19,9-12(17)18)11(16)7-5-4-6-8-15/h15,19H,4-10H2,1-3H3/t13-/m1/s1. The molecule has 6 heteroatoms. The maximum absolute atomic E-state index is 12.0. The summed E-state index contributed by atoms with van der Waals surface area (Å²) in [5.41, 5.74) is -1.88. The van der Waals surface area contributed by atoms with Crippen molar-refractivity contribution in [3.8, 4) is 0 Å². The number of carbonyl (C=O) groups is 2. The quantitative estimate of drug-likeness (QED) is 0.381. The van der Waals surface area contributed by atoms with Crippen molar-refractivity contribution in [2.24, 2.45) is 0 Å². The Morgan fingerprint density at radius 3 is 2.16 bits per heavy atom. The molecule has 0 saturated heterocycles. The van der Waals surface area contributed by atoms with E-state index in [0.29, 0.717) is 19.3 Å². The first-order chi connectivity index (χ1) is 8.60. The number of carbonyl (C=O) groups excluding carboxylic acids is 2. The molecule has 6 nitrogen and oxygen atoms in total. The van der Waals surface area contributed by atoms with Gasteiger partial charge in [-0.25, -0.2) is 0 Å². The fourth-order valence-electron chi connectivity index (χ4n) is 2.07. The third-order valence-corrected chi connectivity index (χ3v) is 2.75. The lowest BCUT2D eigenvalue weighted by molar-refractivity contribution is -0.875. The monoisotopic (exact) mass is 275 g/mol. The van der Waals surface area contributed by atoms with Crippen molar-refractivity contribution >= 4 is 11.8 Å². The van der Waals surface area contributed by atoms with Gasteiger partial charge in [0.1, 0.15) is 6.54 Å². The molecule has 0 aromatic heterocycles.